The molecule has 0 saturated heterocycles. The first-order valence-corrected chi connectivity index (χ1v) is 6.07. The Balaban J connectivity index is 2.13. The molecular formula is C13H10BClF2O3. The molecule has 0 heterocycles. The predicted molar refractivity (Wildman–Crippen MR) is 72.0 cm³/mol. The Hall–Kier alpha value is -1.63. The van der Waals surface area contributed by atoms with E-state index in [2.05, 4.69) is 0 Å². The average Bonchev–Trinajstić information content (AvgIpc) is 2.41. The molecule has 0 aliphatic carbocycles. The molecule has 3 nitrogen and oxygen atoms in total. The lowest BCUT2D eigenvalue weighted by atomic mass is 9.80. The Morgan fingerprint density at radius 2 is 1.75 bits per heavy atom. The predicted octanol–water partition coefficient (Wildman–Crippen LogP) is 1.88. The smallest absolute Gasteiger partial charge is 0.486 e. The van der Waals surface area contributed by atoms with E-state index >= 15 is 0 Å². The molecule has 0 saturated carbocycles. The van der Waals surface area contributed by atoms with Crippen LogP contribution in [0.1, 0.15) is 5.56 Å². The van der Waals surface area contributed by atoms with E-state index in [0.717, 1.165) is 6.07 Å². The Morgan fingerprint density at radius 3 is 2.40 bits per heavy atom. The summed E-state index contributed by atoms with van der Waals surface area (Å²) in [6, 6.07) is 7.52. The fourth-order valence-corrected chi connectivity index (χ4v) is 1.78. The van der Waals surface area contributed by atoms with E-state index in [-0.39, 0.29) is 22.8 Å². The molecule has 0 amide bonds. The van der Waals surface area contributed by atoms with Gasteiger partial charge in [0.1, 0.15) is 12.4 Å². The molecule has 7 heteroatoms. The molecule has 0 aromatic heterocycles. The molecule has 0 bridgehead atoms. The van der Waals surface area contributed by atoms with Gasteiger partial charge in [-0.15, -0.1) is 0 Å². The van der Waals surface area contributed by atoms with Gasteiger partial charge in [0.15, 0.2) is 11.6 Å². The fraction of sp³-hybridized carbons (Fsp3) is 0.0769. The molecule has 2 aromatic carbocycles. The lowest BCUT2D eigenvalue weighted by molar-refractivity contribution is 0.290. The maximum atomic E-state index is 13.5. The van der Waals surface area contributed by atoms with Crippen molar-refractivity contribution in [1.82, 2.24) is 0 Å². The lowest BCUT2D eigenvalue weighted by Gasteiger charge is -2.09. The van der Waals surface area contributed by atoms with Gasteiger partial charge in [0.2, 0.25) is 0 Å². The first-order chi connectivity index (χ1) is 9.47. The van der Waals surface area contributed by atoms with Crippen LogP contribution in [0.4, 0.5) is 8.78 Å². The highest BCUT2D eigenvalue weighted by atomic mass is 35.5. The van der Waals surface area contributed by atoms with Crippen LogP contribution in [0.2, 0.25) is 5.02 Å². The van der Waals surface area contributed by atoms with Crippen molar-refractivity contribution < 1.29 is 23.6 Å². The standard InChI is InChI=1S/C13H10BClF2O3/c15-10-5-8(1-3-11(10)16)7-20-13-6-9(14(18)19)2-4-12(13)17/h1-6,18-19H,7H2. The van der Waals surface area contributed by atoms with Gasteiger partial charge in [0.25, 0.3) is 0 Å². The first kappa shape index (κ1) is 14.8. The van der Waals surface area contributed by atoms with Crippen molar-refractivity contribution in [3.63, 3.8) is 0 Å². The van der Waals surface area contributed by atoms with Crippen LogP contribution in [-0.4, -0.2) is 17.2 Å². The molecule has 20 heavy (non-hydrogen) atoms. The van der Waals surface area contributed by atoms with Crippen molar-refractivity contribution in [2.24, 2.45) is 0 Å². The number of halogens is 3. The third-order valence-electron chi connectivity index (χ3n) is 2.63. The summed E-state index contributed by atoms with van der Waals surface area (Å²) in [4.78, 5) is 0. The van der Waals surface area contributed by atoms with Crippen LogP contribution in [-0.2, 0) is 6.61 Å². The summed E-state index contributed by atoms with van der Waals surface area (Å²) >= 11 is 5.62. The van der Waals surface area contributed by atoms with Crippen molar-refractivity contribution in [3.05, 3.63) is 58.6 Å². The Bertz CT molecular complexity index is 623. The molecule has 2 aromatic rings. The molecule has 2 N–H and O–H groups in total. The zero-order valence-electron chi connectivity index (χ0n) is 10.2. The quantitative estimate of drug-likeness (QED) is 0.847. The van der Waals surface area contributed by atoms with Crippen molar-refractivity contribution in [2.75, 3.05) is 0 Å². The summed E-state index contributed by atoms with van der Waals surface area (Å²) in [5.41, 5.74) is 0.671. The largest absolute Gasteiger partial charge is 0.488 e. The molecule has 0 radical (unpaired) electrons. The topological polar surface area (TPSA) is 49.7 Å². The summed E-state index contributed by atoms with van der Waals surface area (Å²) in [6.45, 7) is -0.0259. The Labute approximate surface area is 119 Å². The minimum atomic E-state index is -1.71. The fourth-order valence-electron chi connectivity index (χ4n) is 1.58. The molecule has 0 fully saturated rings. The van der Waals surface area contributed by atoms with E-state index in [1.807, 2.05) is 0 Å². The van der Waals surface area contributed by atoms with E-state index in [4.69, 9.17) is 26.4 Å². The average molecular weight is 298 g/mol. The van der Waals surface area contributed by atoms with Crippen molar-refractivity contribution >= 4 is 24.2 Å². The third kappa shape index (κ3) is 3.48. The Morgan fingerprint density at radius 1 is 1.05 bits per heavy atom. The van der Waals surface area contributed by atoms with Crippen LogP contribution in [0.5, 0.6) is 5.75 Å². The van der Waals surface area contributed by atoms with Gasteiger partial charge < -0.3 is 14.8 Å². The van der Waals surface area contributed by atoms with Crippen LogP contribution in [0.3, 0.4) is 0 Å². The molecular weight excluding hydrogens is 288 g/mol. The third-order valence-corrected chi connectivity index (χ3v) is 2.92. The number of hydrogen-bond donors (Lipinski definition) is 2. The normalized spacial score (nSPS) is 10.4. The summed E-state index contributed by atoms with van der Waals surface area (Å²) in [5, 5.41) is 18.0. The molecule has 0 aliphatic rings. The molecule has 0 aliphatic heterocycles. The van der Waals surface area contributed by atoms with Gasteiger partial charge in [0, 0.05) is 0 Å². The van der Waals surface area contributed by atoms with Gasteiger partial charge in [-0.1, -0.05) is 23.7 Å². The second kappa shape index (κ2) is 6.22. The van der Waals surface area contributed by atoms with Crippen LogP contribution < -0.4 is 10.2 Å². The number of rotatable bonds is 4. The first-order valence-electron chi connectivity index (χ1n) is 5.69. The number of benzene rings is 2. The molecule has 0 unspecified atom stereocenters. The van der Waals surface area contributed by atoms with Crippen LogP contribution in [0.25, 0.3) is 0 Å². The van der Waals surface area contributed by atoms with E-state index in [0.29, 0.717) is 5.56 Å². The van der Waals surface area contributed by atoms with E-state index < -0.39 is 18.8 Å². The van der Waals surface area contributed by atoms with Crippen molar-refractivity contribution in [2.45, 2.75) is 6.61 Å². The highest BCUT2D eigenvalue weighted by molar-refractivity contribution is 6.58. The zero-order chi connectivity index (χ0) is 14.7. The highest BCUT2D eigenvalue weighted by Crippen LogP contribution is 2.19. The maximum absolute atomic E-state index is 13.5. The van der Waals surface area contributed by atoms with Gasteiger partial charge >= 0.3 is 7.12 Å². The van der Waals surface area contributed by atoms with Crippen LogP contribution in [0.15, 0.2) is 36.4 Å². The van der Waals surface area contributed by atoms with Gasteiger partial charge in [-0.05, 0) is 35.3 Å². The number of ether oxygens (including phenoxy) is 1. The van der Waals surface area contributed by atoms with Crippen LogP contribution in [0, 0.1) is 11.6 Å². The Kier molecular flexibility index (Phi) is 4.59. The van der Waals surface area contributed by atoms with Gasteiger partial charge in [-0.2, -0.15) is 0 Å². The van der Waals surface area contributed by atoms with E-state index in [9.17, 15) is 8.78 Å². The highest BCUT2D eigenvalue weighted by Gasteiger charge is 2.14. The second-order valence-electron chi connectivity index (χ2n) is 4.10. The maximum Gasteiger partial charge on any atom is 0.488 e. The molecule has 0 spiro atoms. The molecule has 2 rings (SSSR count). The lowest BCUT2D eigenvalue weighted by Crippen LogP contribution is -2.29. The van der Waals surface area contributed by atoms with Crippen LogP contribution >= 0.6 is 11.6 Å². The van der Waals surface area contributed by atoms with Gasteiger partial charge in [0.05, 0.1) is 5.02 Å². The van der Waals surface area contributed by atoms with Gasteiger partial charge in [-0.3, -0.25) is 0 Å². The van der Waals surface area contributed by atoms with E-state index in [1.165, 1.54) is 30.3 Å². The second-order valence-corrected chi connectivity index (χ2v) is 4.51. The van der Waals surface area contributed by atoms with Gasteiger partial charge in [-0.25, -0.2) is 8.78 Å². The van der Waals surface area contributed by atoms with Crippen molar-refractivity contribution in [3.8, 4) is 5.75 Å². The summed E-state index contributed by atoms with van der Waals surface area (Å²) in [5.74, 6) is -1.31. The summed E-state index contributed by atoms with van der Waals surface area (Å²) in [7, 11) is -1.71. The monoisotopic (exact) mass is 298 g/mol. The minimum Gasteiger partial charge on any atom is -0.486 e. The zero-order valence-corrected chi connectivity index (χ0v) is 10.9. The SMILES string of the molecule is OB(O)c1ccc(F)c(OCc2ccc(F)c(Cl)c2)c1. The van der Waals surface area contributed by atoms with E-state index in [1.54, 1.807) is 0 Å². The number of hydrogen-bond acceptors (Lipinski definition) is 3. The summed E-state index contributed by atoms with van der Waals surface area (Å²) in [6.07, 6.45) is 0. The minimum absolute atomic E-state index is 0.0259. The van der Waals surface area contributed by atoms with Crippen molar-refractivity contribution in [1.29, 1.82) is 0 Å². The molecule has 104 valence electrons. The summed E-state index contributed by atoms with van der Waals surface area (Å²) < 4.78 is 31.7. The molecule has 0 atom stereocenters.